The fourth-order valence-corrected chi connectivity index (χ4v) is 1.92. The molecule has 0 fully saturated rings. The molecule has 18 heavy (non-hydrogen) atoms. The van der Waals surface area contributed by atoms with Crippen LogP contribution in [0.15, 0.2) is 30.3 Å². The number of tetrazole rings is 1. The number of thioether (sulfide) groups is 1. The molecular weight excluding hydrogens is 279 g/mol. The number of nitrogens with zero attached hydrogens (tertiary/aromatic N) is 4. The van der Waals surface area contributed by atoms with Gasteiger partial charge >= 0.3 is 51.4 Å². The van der Waals surface area contributed by atoms with Gasteiger partial charge in [0.25, 0.3) is 0 Å². The van der Waals surface area contributed by atoms with E-state index in [4.69, 9.17) is 0 Å². The Morgan fingerprint density at radius 1 is 1.33 bits per heavy atom. The van der Waals surface area contributed by atoms with Crippen LogP contribution in [0.4, 0.5) is 0 Å². The summed E-state index contributed by atoms with van der Waals surface area (Å²) in [5.41, 5.74) is 0.849. The fourth-order valence-electron chi connectivity index (χ4n) is 1.29. The number of carbonyl (C=O) groups excluding carboxylic acids is 1. The van der Waals surface area contributed by atoms with Gasteiger partial charge in [0.05, 0.1) is 17.4 Å². The molecular formula is C10H9KN4O2S. The summed E-state index contributed by atoms with van der Waals surface area (Å²) in [6.07, 6.45) is 0. The SMILES string of the molecule is O=C([O-])CSCc1nnnn1-c1ccccc1.[K+]. The van der Waals surface area contributed by atoms with Crippen molar-refractivity contribution in [3.05, 3.63) is 36.2 Å². The van der Waals surface area contributed by atoms with Crippen LogP contribution < -0.4 is 56.5 Å². The average molecular weight is 288 g/mol. The molecule has 1 aromatic heterocycles. The number of carbonyl (C=O) groups is 1. The third kappa shape index (κ3) is 4.45. The summed E-state index contributed by atoms with van der Waals surface area (Å²) in [4.78, 5) is 10.3. The molecule has 0 bridgehead atoms. The molecule has 2 rings (SSSR count). The van der Waals surface area contributed by atoms with Crippen LogP contribution in [0.2, 0.25) is 0 Å². The molecule has 0 amide bonds. The van der Waals surface area contributed by atoms with E-state index in [0.717, 1.165) is 5.69 Å². The fraction of sp³-hybridized carbons (Fsp3) is 0.200. The standard InChI is InChI=1S/C10H10N4O2S.K/c15-10(16)7-17-6-9-11-12-13-14(9)8-4-2-1-3-5-8;/h1-5H,6-7H2,(H,15,16);/q;+1/p-1. The molecule has 0 aliphatic carbocycles. The zero-order chi connectivity index (χ0) is 12.1. The molecule has 0 aliphatic heterocycles. The molecule has 0 atom stereocenters. The van der Waals surface area contributed by atoms with Gasteiger partial charge in [-0.3, -0.25) is 0 Å². The van der Waals surface area contributed by atoms with Gasteiger partial charge in [0.2, 0.25) is 0 Å². The van der Waals surface area contributed by atoms with Crippen molar-refractivity contribution < 1.29 is 61.3 Å². The van der Waals surface area contributed by atoms with Gasteiger partial charge in [-0.15, -0.1) is 16.9 Å². The summed E-state index contributed by atoms with van der Waals surface area (Å²) < 4.78 is 1.59. The van der Waals surface area contributed by atoms with Crippen molar-refractivity contribution in [3.63, 3.8) is 0 Å². The number of aromatic nitrogens is 4. The Balaban J connectivity index is 0.00000162. The Bertz CT molecular complexity index is 506. The van der Waals surface area contributed by atoms with E-state index in [-0.39, 0.29) is 57.1 Å². The van der Waals surface area contributed by atoms with Crippen LogP contribution in [0.3, 0.4) is 0 Å². The number of para-hydroxylation sites is 1. The third-order valence-electron chi connectivity index (χ3n) is 1.99. The van der Waals surface area contributed by atoms with Crippen molar-refractivity contribution in [3.8, 4) is 5.69 Å². The summed E-state index contributed by atoms with van der Waals surface area (Å²) in [5.74, 6) is -0.117. The first kappa shape index (κ1) is 15.8. The van der Waals surface area contributed by atoms with E-state index in [1.807, 2.05) is 30.3 Å². The van der Waals surface area contributed by atoms with E-state index >= 15 is 0 Å². The van der Waals surface area contributed by atoms with Crippen LogP contribution in [0.1, 0.15) is 5.82 Å². The molecule has 0 saturated carbocycles. The third-order valence-corrected chi connectivity index (χ3v) is 2.89. The first-order chi connectivity index (χ1) is 8.27. The normalized spacial score (nSPS) is 9.78. The molecule has 0 aliphatic rings. The van der Waals surface area contributed by atoms with Gasteiger partial charge < -0.3 is 9.90 Å². The molecule has 1 aromatic carbocycles. The van der Waals surface area contributed by atoms with Crippen LogP contribution in [0.5, 0.6) is 0 Å². The van der Waals surface area contributed by atoms with Crippen molar-refractivity contribution in [1.82, 2.24) is 20.2 Å². The molecule has 2 aromatic rings. The van der Waals surface area contributed by atoms with E-state index in [2.05, 4.69) is 15.5 Å². The predicted molar refractivity (Wildman–Crippen MR) is 60.3 cm³/mol. The van der Waals surface area contributed by atoms with Crippen molar-refractivity contribution >= 4 is 17.7 Å². The molecule has 0 radical (unpaired) electrons. The maximum absolute atomic E-state index is 10.3. The van der Waals surface area contributed by atoms with Crippen LogP contribution in [-0.2, 0) is 10.5 Å². The maximum Gasteiger partial charge on any atom is 1.00 e. The van der Waals surface area contributed by atoms with Gasteiger partial charge in [0.15, 0.2) is 5.82 Å². The number of carboxylic acid groups (broad SMARTS) is 1. The van der Waals surface area contributed by atoms with Gasteiger partial charge in [-0.2, -0.15) is 4.68 Å². The Labute approximate surface area is 151 Å². The molecule has 0 unspecified atom stereocenters. The number of hydrogen-bond acceptors (Lipinski definition) is 6. The summed E-state index contributed by atoms with van der Waals surface area (Å²) in [6, 6.07) is 9.43. The largest absolute Gasteiger partial charge is 1.00 e. The average Bonchev–Trinajstić information content (AvgIpc) is 2.78. The maximum atomic E-state index is 10.3. The Kier molecular flexibility index (Phi) is 7.05. The number of rotatable bonds is 5. The molecule has 0 N–H and O–H groups in total. The molecule has 88 valence electrons. The summed E-state index contributed by atoms with van der Waals surface area (Å²) in [6.45, 7) is 0. The van der Waals surface area contributed by atoms with Crippen molar-refractivity contribution in [1.29, 1.82) is 0 Å². The van der Waals surface area contributed by atoms with Crippen molar-refractivity contribution in [2.24, 2.45) is 0 Å². The van der Waals surface area contributed by atoms with Gasteiger partial charge in [0, 0.05) is 5.75 Å². The van der Waals surface area contributed by atoms with Crippen LogP contribution >= 0.6 is 11.8 Å². The van der Waals surface area contributed by atoms with E-state index in [1.54, 1.807) is 4.68 Å². The van der Waals surface area contributed by atoms with E-state index in [9.17, 15) is 9.90 Å². The van der Waals surface area contributed by atoms with Crippen molar-refractivity contribution in [2.45, 2.75) is 5.75 Å². The molecule has 8 heteroatoms. The minimum atomic E-state index is -1.09. The second-order valence-electron chi connectivity index (χ2n) is 3.21. The minimum Gasteiger partial charge on any atom is -0.549 e. The minimum absolute atomic E-state index is 0. The number of aliphatic carboxylic acids is 1. The van der Waals surface area contributed by atoms with E-state index < -0.39 is 5.97 Å². The molecule has 0 saturated heterocycles. The Morgan fingerprint density at radius 3 is 2.72 bits per heavy atom. The zero-order valence-corrected chi connectivity index (χ0v) is 13.8. The van der Waals surface area contributed by atoms with Gasteiger partial charge in [-0.05, 0) is 22.6 Å². The second kappa shape index (κ2) is 8.03. The zero-order valence-electron chi connectivity index (χ0n) is 9.81. The predicted octanol–water partition coefficient (Wildman–Crippen LogP) is -3.35. The van der Waals surface area contributed by atoms with Gasteiger partial charge in [-0.25, -0.2) is 0 Å². The Hall–Kier alpha value is -0.254. The molecule has 1 heterocycles. The number of benzene rings is 1. The summed E-state index contributed by atoms with van der Waals surface area (Å²) in [7, 11) is 0. The smallest absolute Gasteiger partial charge is 0.549 e. The van der Waals surface area contributed by atoms with Gasteiger partial charge in [0.1, 0.15) is 0 Å². The summed E-state index contributed by atoms with van der Waals surface area (Å²) in [5, 5.41) is 21.6. The summed E-state index contributed by atoms with van der Waals surface area (Å²) >= 11 is 1.20. The van der Waals surface area contributed by atoms with E-state index in [1.165, 1.54) is 11.8 Å². The van der Waals surface area contributed by atoms with Gasteiger partial charge in [-0.1, -0.05) is 18.2 Å². The quantitative estimate of drug-likeness (QED) is 0.535. The first-order valence-corrected chi connectivity index (χ1v) is 6.03. The van der Waals surface area contributed by atoms with Crippen LogP contribution in [-0.4, -0.2) is 31.9 Å². The molecule has 6 nitrogen and oxygen atoms in total. The second-order valence-corrected chi connectivity index (χ2v) is 4.19. The van der Waals surface area contributed by atoms with E-state index in [0.29, 0.717) is 11.6 Å². The first-order valence-electron chi connectivity index (χ1n) is 4.87. The van der Waals surface area contributed by atoms with Crippen LogP contribution in [0.25, 0.3) is 5.69 Å². The van der Waals surface area contributed by atoms with Crippen LogP contribution in [0, 0.1) is 0 Å². The number of hydrogen-bond donors (Lipinski definition) is 0. The monoisotopic (exact) mass is 288 g/mol. The number of carboxylic acids is 1. The molecule has 0 spiro atoms. The Morgan fingerprint density at radius 2 is 2.06 bits per heavy atom. The topological polar surface area (TPSA) is 83.7 Å². The van der Waals surface area contributed by atoms with Crippen molar-refractivity contribution in [2.75, 3.05) is 5.75 Å².